The molecule has 0 saturated heterocycles. The summed E-state index contributed by atoms with van der Waals surface area (Å²) in [6, 6.07) is 26.0. The second kappa shape index (κ2) is 5.87. The third-order valence-electron chi connectivity index (χ3n) is 4.61. The molecule has 25 heavy (non-hydrogen) atoms. The van der Waals surface area contributed by atoms with E-state index in [9.17, 15) is 0 Å². The van der Waals surface area contributed by atoms with Crippen LogP contribution in [0.3, 0.4) is 0 Å². The highest BCUT2D eigenvalue weighted by Crippen LogP contribution is 2.37. The fourth-order valence-corrected chi connectivity index (χ4v) is 5.02. The second-order valence-electron chi connectivity index (χ2n) is 6.05. The van der Waals surface area contributed by atoms with Crippen molar-refractivity contribution < 1.29 is 0 Å². The van der Waals surface area contributed by atoms with E-state index in [0.29, 0.717) is 0 Å². The lowest BCUT2D eigenvalue weighted by Crippen LogP contribution is -1.92. The van der Waals surface area contributed by atoms with Crippen molar-refractivity contribution in [2.24, 2.45) is 0 Å². The molecule has 0 aliphatic rings. The summed E-state index contributed by atoms with van der Waals surface area (Å²) in [5.41, 5.74) is 6.17. The predicted octanol–water partition coefficient (Wildman–Crippen LogP) is 7.27. The Bertz CT molecular complexity index is 1200. The number of aromatic nitrogens is 1. The minimum Gasteiger partial charge on any atom is -0.309 e. The molecular weight excluding hydrogens is 390 g/mol. The first-order valence-electron chi connectivity index (χ1n) is 8.13. The van der Waals surface area contributed by atoms with Gasteiger partial charge in [-0.15, -0.1) is 0 Å². The number of fused-ring (bicyclic) bond motifs is 3. The minimum absolute atomic E-state index is 1.16. The van der Waals surface area contributed by atoms with Crippen LogP contribution in [0.25, 0.3) is 38.6 Å². The van der Waals surface area contributed by atoms with Gasteiger partial charge in [-0.25, -0.2) is 0 Å². The normalized spacial score (nSPS) is 11.4. The summed E-state index contributed by atoms with van der Waals surface area (Å²) < 4.78 is 3.50. The van der Waals surface area contributed by atoms with Crippen molar-refractivity contribution in [2.45, 2.75) is 0 Å². The molecular formula is C22H14BrNS. The van der Waals surface area contributed by atoms with Gasteiger partial charge in [-0.1, -0.05) is 42.5 Å². The van der Waals surface area contributed by atoms with E-state index in [1.54, 1.807) is 11.3 Å². The maximum absolute atomic E-state index is 3.66. The Hall–Kier alpha value is -2.36. The number of thiophene rings is 1. The highest BCUT2D eigenvalue weighted by atomic mass is 79.9. The Kier molecular flexibility index (Phi) is 3.51. The second-order valence-corrected chi connectivity index (χ2v) is 7.65. The lowest BCUT2D eigenvalue weighted by atomic mass is 10.1. The van der Waals surface area contributed by atoms with E-state index in [0.717, 1.165) is 4.47 Å². The molecule has 120 valence electrons. The van der Waals surface area contributed by atoms with E-state index in [1.807, 2.05) is 0 Å². The van der Waals surface area contributed by atoms with E-state index in [1.165, 1.54) is 38.6 Å². The lowest BCUT2D eigenvalue weighted by Gasteiger charge is -2.07. The Morgan fingerprint density at radius 3 is 2.28 bits per heavy atom. The van der Waals surface area contributed by atoms with Crippen molar-refractivity contribution >= 4 is 49.1 Å². The molecule has 0 spiro atoms. The predicted molar refractivity (Wildman–Crippen MR) is 112 cm³/mol. The average molecular weight is 404 g/mol. The fourth-order valence-electron chi connectivity index (χ4n) is 3.48. The summed E-state index contributed by atoms with van der Waals surface area (Å²) >= 11 is 5.38. The smallest absolute Gasteiger partial charge is 0.0541 e. The molecule has 0 bridgehead atoms. The van der Waals surface area contributed by atoms with Crippen LogP contribution < -0.4 is 0 Å². The molecule has 0 fully saturated rings. The van der Waals surface area contributed by atoms with Crippen LogP contribution in [0.4, 0.5) is 0 Å². The summed E-state index contributed by atoms with van der Waals surface area (Å²) in [7, 11) is 0. The molecule has 3 aromatic carbocycles. The molecule has 0 radical (unpaired) electrons. The molecule has 0 aliphatic carbocycles. The monoisotopic (exact) mass is 403 g/mol. The Morgan fingerprint density at radius 1 is 0.720 bits per heavy atom. The van der Waals surface area contributed by atoms with E-state index < -0.39 is 0 Å². The standard InChI is InChI=1S/C22H14BrNS/c23-20-14-25-13-19(20)15-10-11-22-18(12-15)17-8-4-5-9-21(17)24(22)16-6-2-1-3-7-16/h1-14H. The van der Waals surface area contributed by atoms with Gasteiger partial charge in [0, 0.05) is 31.9 Å². The van der Waals surface area contributed by atoms with E-state index in [4.69, 9.17) is 0 Å². The summed E-state index contributed by atoms with van der Waals surface area (Å²) in [5.74, 6) is 0. The quantitative estimate of drug-likeness (QED) is 0.291. The summed E-state index contributed by atoms with van der Waals surface area (Å²) in [4.78, 5) is 0. The number of benzene rings is 3. The van der Waals surface area contributed by atoms with Crippen LogP contribution in [0.15, 0.2) is 88.0 Å². The van der Waals surface area contributed by atoms with Gasteiger partial charge >= 0.3 is 0 Å². The van der Waals surface area contributed by atoms with Crippen molar-refractivity contribution in [3.05, 3.63) is 88.0 Å². The Morgan fingerprint density at radius 2 is 1.48 bits per heavy atom. The first kappa shape index (κ1) is 14.9. The third kappa shape index (κ3) is 2.35. The zero-order chi connectivity index (χ0) is 16.8. The van der Waals surface area contributed by atoms with Crippen molar-refractivity contribution in [3.8, 4) is 16.8 Å². The van der Waals surface area contributed by atoms with Crippen LogP contribution >= 0.6 is 27.3 Å². The van der Waals surface area contributed by atoms with Crippen molar-refractivity contribution in [1.82, 2.24) is 4.57 Å². The zero-order valence-corrected chi connectivity index (χ0v) is 15.7. The molecule has 0 unspecified atom stereocenters. The van der Waals surface area contributed by atoms with Gasteiger partial charge in [-0.3, -0.25) is 0 Å². The SMILES string of the molecule is Brc1cscc1-c1ccc2c(c1)c1ccccc1n2-c1ccccc1. The largest absolute Gasteiger partial charge is 0.309 e. The van der Waals surface area contributed by atoms with Crippen molar-refractivity contribution in [2.75, 3.05) is 0 Å². The number of rotatable bonds is 2. The van der Waals surface area contributed by atoms with Gasteiger partial charge in [0.15, 0.2) is 0 Å². The van der Waals surface area contributed by atoms with Crippen LogP contribution in [0, 0.1) is 0 Å². The first-order chi connectivity index (χ1) is 12.3. The van der Waals surface area contributed by atoms with Crippen LogP contribution in [-0.2, 0) is 0 Å². The molecule has 0 N–H and O–H groups in total. The molecule has 2 aromatic heterocycles. The molecule has 0 saturated carbocycles. The highest BCUT2D eigenvalue weighted by molar-refractivity contribution is 9.10. The Balaban J connectivity index is 1.87. The van der Waals surface area contributed by atoms with Crippen LogP contribution in [0.2, 0.25) is 0 Å². The van der Waals surface area contributed by atoms with Gasteiger partial charge in [0.05, 0.1) is 11.0 Å². The summed E-state index contributed by atoms with van der Waals surface area (Å²) in [6.45, 7) is 0. The number of halogens is 1. The van der Waals surface area contributed by atoms with Gasteiger partial charge in [-0.2, -0.15) is 11.3 Å². The number of para-hydroxylation sites is 2. The summed E-state index contributed by atoms with van der Waals surface area (Å²) in [5, 5.41) is 6.90. The molecule has 0 atom stereocenters. The van der Waals surface area contributed by atoms with Crippen LogP contribution in [0.1, 0.15) is 0 Å². The number of hydrogen-bond donors (Lipinski definition) is 0. The molecule has 1 nitrogen and oxygen atoms in total. The van der Waals surface area contributed by atoms with Gasteiger partial charge < -0.3 is 4.57 Å². The minimum atomic E-state index is 1.16. The number of hydrogen-bond acceptors (Lipinski definition) is 1. The molecule has 5 aromatic rings. The van der Waals surface area contributed by atoms with E-state index in [2.05, 4.69) is 104 Å². The molecule has 3 heteroatoms. The zero-order valence-electron chi connectivity index (χ0n) is 13.3. The third-order valence-corrected chi connectivity index (χ3v) is 6.32. The summed E-state index contributed by atoms with van der Waals surface area (Å²) in [6.07, 6.45) is 0. The Labute approximate surface area is 158 Å². The highest BCUT2D eigenvalue weighted by Gasteiger charge is 2.13. The average Bonchev–Trinajstić information content (AvgIpc) is 3.23. The maximum Gasteiger partial charge on any atom is 0.0541 e. The van der Waals surface area contributed by atoms with Crippen molar-refractivity contribution in [3.63, 3.8) is 0 Å². The van der Waals surface area contributed by atoms with Crippen molar-refractivity contribution in [1.29, 1.82) is 0 Å². The van der Waals surface area contributed by atoms with Gasteiger partial charge in [-0.05, 0) is 57.2 Å². The lowest BCUT2D eigenvalue weighted by molar-refractivity contribution is 1.18. The van der Waals surface area contributed by atoms with Crippen LogP contribution in [-0.4, -0.2) is 4.57 Å². The molecule has 0 aliphatic heterocycles. The van der Waals surface area contributed by atoms with Gasteiger partial charge in [0.1, 0.15) is 0 Å². The maximum atomic E-state index is 3.66. The van der Waals surface area contributed by atoms with Crippen LogP contribution in [0.5, 0.6) is 0 Å². The molecule has 5 rings (SSSR count). The number of nitrogens with zero attached hydrogens (tertiary/aromatic N) is 1. The molecule has 0 amide bonds. The topological polar surface area (TPSA) is 4.93 Å². The van der Waals surface area contributed by atoms with Gasteiger partial charge in [0.2, 0.25) is 0 Å². The fraction of sp³-hybridized carbons (Fsp3) is 0. The first-order valence-corrected chi connectivity index (χ1v) is 9.87. The van der Waals surface area contributed by atoms with E-state index >= 15 is 0 Å². The molecule has 2 heterocycles. The van der Waals surface area contributed by atoms with E-state index in [-0.39, 0.29) is 0 Å². The van der Waals surface area contributed by atoms with Gasteiger partial charge in [0.25, 0.3) is 0 Å².